The first-order chi connectivity index (χ1) is 9.54. The predicted molar refractivity (Wildman–Crippen MR) is 73.9 cm³/mol. The van der Waals surface area contributed by atoms with Crippen LogP contribution in [-0.2, 0) is 0 Å². The third-order valence-corrected chi connectivity index (χ3v) is 3.20. The van der Waals surface area contributed by atoms with Crippen LogP contribution in [0, 0.1) is 19.7 Å². The number of fused-ring (bicyclic) bond motifs is 1. The lowest BCUT2D eigenvalue weighted by Crippen LogP contribution is -2.00. The molecule has 0 saturated carbocycles. The van der Waals surface area contributed by atoms with Crippen molar-refractivity contribution in [3.8, 4) is 0 Å². The van der Waals surface area contributed by atoms with Gasteiger partial charge in [-0.3, -0.25) is 4.98 Å². The van der Waals surface area contributed by atoms with Crippen molar-refractivity contribution in [1.29, 1.82) is 0 Å². The Morgan fingerprint density at radius 1 is 1.15 bits per heavy atom. The first-order valence-electron chi connectivity index (χ1n) is 6.36. The van der Waals surface area contributed by atoms with Crippen LogP contribution in [0.15, 0.2) is 40.8 Å². The summed E-state index contributed by atoms with van der Waals surface area (Å²) in [5, 5.41) is 11.0. The van der Waals surface area contributed by atoms with Crippen LogP contribution in [0.2, 0.25) is 0 Å². The van der Waals surface area contributed by atoms with Crippen LogP contribution < -0.4 is 0 Å². The zero-order valence-electron chi connectivity index (χ0n) is 11.2. The Hall–Kier alpha value is -2.20. The molecule has 2 aromatic heterocycles. The van der Waals surface area contributed by atoms with Crippen LogP contribution in [0.25, 0.3) is 11.0 Å². The normalized spacial score (nSPS) is 12.8. The summed E-state index contributed by atoms with van der Waals surface area (Å²) in [6, 6.07) is 9.95. The van der Waals surface area contributed by atoms with Gasteiger partial charge in [-0.15, -0.1) is 0 Å². The van der Waals surface area contributed by atoms with Gasteiger partial charge in [0.15, 0.2) is 11.4 Å². The monoisotopic (exact) mass is 271 g/mol. The zero-order valence-corrected chi connectivity index (χ0v) is 11.2. The second-order valence-corrected chi connectivity index (χ2v) is 4.89. The molecule has 0 fully saturated rings. The third-order valence-electron chi connectivity index (χ3n) is 3.20. The van der Waals surface area contributed by atoms with Crippen molar-refractivity contribution in [2.45, 2.75) is 20.0 Å². The van der Waals surface area contributed by atoms with Gasteiger partial charge in [0, 0.05) is 16.8 Å². The van der Waals surface area contributed by atoms with Gasteiger partial charge >= 0.3 is 0 Å². The van der Waals surface area contributed by atoms with Crippen molar-refractivity contribution >= 4 is 11.0 Å². The number of aliphatic hydroxyl groups excluding tert-OH is 1. The number of rotatable bonds is 2. The van der Waals surface area contributed by atoms with Crippen LogP contribution >= 0.6 is 0 Å². The van der Waals surface area contributed by atoms with Gasteiger partial charge in [-0.1, -0.05) is 12.1 Å². The molecule has 0 spiro atoms. The molecule has 1 aromatic carbocycles. The molecule has 1 unspecified atom stereocenters. The summed E-state index contributed by atoms with van der Waals surface area (Å²) in [6.07, 6.45) is -0.929. The first-order valence-corrected chi connectivity index (χ1v) is 6.36. The Balaban J connectivity index is 2.07. The van der Waals surface area contributed by atoms with E-state index in [0.29, 0.717) is 16.7 Å². The summed E-state index contributed by atoms with van der Waals surface area (Å²) < 4.78 is 19.1. The van der Waals surface area contributed by atoms with E-state index in [9.17, 15) is 9.50 Å². The van der Waals surface area contributed by atoms with E-state index in [-0.39, 0.29) is 5.58 Å². The van der Waals surface area contributed by atoms with Gasteiger partial charge in [0.2, 0.25) is 0 Å². The predicted octanol–water partition coefficient (Wildman–Crippen LogP) is 3.67. The highest BCUT2D eigenvalue weighted by molar-refractivity contribution is 5.78. The van der Waals surface area contributed by atoms with Gasteiger partial charge in [-0.2, -0.15) is 0 Å². The molecule has 3 nitrogen and oxygen atoms in total. The first kappa shape index (κ1) is 12.8. The van der Waals surface area contributed by atoms with Crippen molar-refractivity contribution in [2.75, 3.05) is 0 Å². The number of aromatic nitrogens is 1. The average Bonchev–Trinajstić information content (AvgIpc) is 2.82. The summed E-state index contributed by atoms with van der Waals surface area (Å²) in [4.78, 5) is 4.27. The lowest BCUT2D eigenvalue weighted by Gasteiger charge is -2.09. The lowest BCUT2D eigenvalue weighted by atomic mass is 10.1. The highest BCUT2D eigenvalue weighted by Gasteiger charge is 2.17. The average molecular weight is 271 g/mol. The van der Waals surface area contributed by atoms with E-state index in [1.54, 1.807) is 30.3 Å². The van der Waals surface area contributed by atoms with Crippen LogP contribution in [0.3, 0.4) is 0 Å². The second-order valence-electron chi connectivity index (χ2n) is 4.89. The number of halogens is 1. The lowest BCUT2D eigenvalue weighted by molar-refractivity contribution is 0.191. The number of aryl methyl sites for hydroxylation is 2. The number of aliphatic hydroxyl groups is 1. The SMILES string of the molecule is Cc1cc(C(O)c2cc3cccc(F)c3o2)cc(C)n1. The Labute approximate surface area is 115 Å². The fourth-order valence-corrected chi connectivity index (χ4v) is 2.37. The van der Waals surface area contributed by atoms with Gasteiger partial charge < -0.3 is 9.52 Å². The molecular formula is C16H14FNO2. The molecule has 3 rings (SSSR count). The molecule has 0 amide bonds. The van der Waals surface area contributed by atoms with Crippen LogP contribution in [-0.4, -0.2) is 10.1 Å². The van der Waals surface area contributed by atoms with E-state index < -0.39 is 11.9 Å². The van der Waals surface area contributed by atoms with E-state index >= 15 is 0 Å². The van der Waals surface area contributed by atoms with Crippen LogP contribution in [0.5, 0.6) is 0 Å². The summed E-state index contributed by atoms with van der Waals surface area (Å²) in [5.74, 6) is -0.0989. The summed E-state index contributed by atoms with van der Waals surface area (Å²) in [7, 11) is 0. The number of nitrogens with zero attached hydrogens (tertiary/aromatic N) is 1. The van der Waals surface area contributed by atoms with E-state index in [4.69, 9.17) is 4.42 Å². The molecule has 0 bridgehead atoms. The molecule has 2 heterocycles. The molecular weight excluding hydrogens is 257 g/mol. The third kappa shape index (κ3) is 2.18. The Bertz CT molecular complexity index is 759. The molecule has 1 N–H and O–H groups in total. The maximum atomic E-state index is 13.6. The van der Waals surface area contributed by atoms with Gasteiger partial charge in [-0.25, -0.2) is 4.39 Å². The minimum atomic E-state index is -0.929. The molecule has 0 aliphatic rings. The van der Waals surface area contributed by atoms with Crippen LogP contribution in [0.1, 0.15) is 28.8 Å². The van der Waals surface area contributed by atoms with Crippen molar-refractivity contribution in [2.24, 2.45) is 0 Å². The van der Waals surface area contributed by atoms with Crippen molar-refractivity contribution < 1.29 is 13.9 Å². The number of benzene rings is 1. The zero-order chi connectivity index (χ0) is 14.3. The molecule has 0 saturated heterocycles. The minimum Gasteiger partial charge on any atom is -0.455 e. The molecule has 20 heavy (non-hydrogen) atoms. The molecule has 1 atom stereocenters. The van der Waals surface area contributed by atoms with Gasteiger partial charge in [0.05, 0.1) is 0 Å². The Morgan fingerprint density at radius 2 is 1.85 bits per heavy atom. The smallest absolute Gasteiger partial charge is 0.170 e. The van der Waals surface area contributed by atoms with Crippen molar-refractivity contribution in [3.05, 3.63) is 64.9 Å². The van der Waals surface area contributed by atoms with Crippen molar-refractivity contribution in [1.82, 2.24) is 4.98 Å². The maximum absolute atomic E-state index is 13.6. The van der Waals surface area contributed by atoms with E-state index in [1.165, 1.54) is 6.07 Å². The molecule has 3 aromatic rings. The van der Waals surface area contributed by atoms with E-state index in [0.717, 1.165) is 11.4 Å². The molecule has 0 aliphatic heterocycles. The number of para-hydroxylation sites is 1. The Kier molecular flexibility index (Phi) is 3.03. The minimum absolute atomic E-state index is 0.170. The number of furan rings is 1. The molecule has 0 radical (unpaired) electrons. The Morgan fingerprint density at radius 3 is 2.50 bits per heavy atom. The summed E-state index contributed by atoms with van der Waals surface area (Å²) in [5.41, 5.74) is 2.50. The molecule has 4 heteroatoms. The fraction of sp³-hybridized carbons (Fsp3) is 0.188. The van der Waals surface area contributed by atoms with Crippen molar-refractivity contribution in [3.63, 3.8) is 0 Å². The topological polar surface area (TPSA) is 46.3 Å². The fourth-order valence-electron chi connectivity index (χ4n) is 2.37. The number of hydrogen-bond acceptors (Lipinski definition) is 3. The van der Waals surface area contributed by atoms with Gasteiger partial charge in [0.1, 0.15) is 11.9 Å². The van der Waals surface area contributed by atoms with E-state index in [1.807, 2.05) is 13.8 Å². The highest BCUT2D eigenvalue weighted by Crippen LogP contribution is 2.29. The quantitative estimate of drug-likeness (QED) is 0.773. The number of hydrogen-bond donors (Lipinski definition) is 1. The van der Waals surface area contributed by atoms with Gasteiger partial charge in [-0.05, 0) is 43.7 Å². The highest BCUT2D eigenvalue weighted by atomic mass is 19.1. The summed E-state index contributed by atoms with van der Waals surface area (Å²) >= 11 is 0. The van der Waals surface area contributed by atoms with Crippen LogP contribution in [0.4, 0.5) is 4.39 Å². The largest absolute Gasteiger partial charge is 0.455 e. The van der Waals surface area contributed by atoms with Gasteiger partial charge in [0.25, 0.3) is 0 Å². The maximum Gasteiger partial charge on any atom is 0.170 e. The molecule has 102 valence electrons. The molecule has 0 aliphatic carbocycles. The second kappa shape index (κ2) is 4.72. The number of pyridine rings is 1. The standard InChI is InChI=1S/C16H14FNO2/c1-9-6-12(7-10(2)18-9)15(19)14-8-11-4-3-5-13(17)16(11)20-14/h3-8,15,19H,1-2H3. The summed E-state index contributed by atoms with van der Waals surface area (Å²) in [6.45, 7) is 3.73. The van der Waals surface area contributed by atoms with E-state index in [2.05, 4.69) is 4.98 Å².